The van der Waals surface area contributed by atoms with E-state index in [0.717, 1.165) is 0 Å². The van der Waals surface area contributed by atoms with Crippen LogP contribution in [0.25, 0.3) is 0 Å². The van der Waals surface area contributed by atoms with Gasteiger partial charge in [0.15, 0.2) is 0 Å². The molecule has 0 spiro atoms. The van der Waals surface area contributed by atoms with E-state index in [-0.39, 0.29) is 23.9 Å². The number of anilines is 1. The SMILES string of the molecule is CC(C)C1(O)CN(S(=O)(=O)c2ccc(N)cc2)C1. The third kappa shape index (κ3) is 2.11. The number of nitrogens with two attached hydrogens (primary N) is 1. The van der Waals surface area contributed by atoms with Crippen LogP contribution in [0.15, 0.2) is 29.2 Å². The van der Waals surface area contributed by atoms with Crippen LogP contribution in [0.3, 0.4) is 0 Å². The van der Waals surface area contributed by atoms with Crippen molar-refractivity contribution < 1.29 is 13.5 Å². The molecule has 5 nitrogen and oxygen atoms in total. The van der Waals surface area contributed by atoms with Crippen molar-refractivity contribution in [2.45, 2.75) is 24.3 Å². The molecule has 100 valence electrons. The lowest BCUT2D eigenvalue weighted by atomic mass is 9.85. The summed E-state index contributed by atoms with van der Waals surface area (Å²) in [6.07, 6.45) is 0. The molecule has 0 saturated carbocycles. The van der Waals surface area contributed by atoms with Crippen LogP contribution in [-0.2, 0) is 10.0 Å². The Bertz CT molecular complexity index is 531. The average molecular weight is 270 g/mol. The maximum atomic E-state index is 12.2. The highest BCUT2D eigenvalue weighted by molar-refractivity contribution is 7.89. The highest BCUT2D eigenvalue weighted by atomic mass is 32.2. The highest BCUT2D eigenvalue weighted by Crippen LogP contribution is 2.33. The van der Waals surface area contributed by atoms with Crippen molar-refractivity contribution in [1.29, 1.82) is 0 Å². The van der Waals surface area contributed by atoms with E-state index < -0.39 is 15.6 Å². The fourth-order valence-electron chi connectivity index (χ4n) is 1.89. The summed E-state index contributed by atoms with van der Waals surface area (Å²) in [5.41, 5.74) is 5.15. The Labute approximate surface area is 107 Å². The third-order valence-corrected chi connectivity index (χ3v) is 5.30. The number of rotatable bonds is 3. The van der Waals surface area contributed by atoms with Gasteiger partial charge in [0.2, 0.25) is 10.0 Å². The van der Waals surface area contributed by atoms with Crippen LogP contribution in [0, 0.1) is 5.92 Å². The van der Waals surface area contributed by atoms with Crippen LogP contribution in [0.4, 0.5) is 5.69 Å². The predicted molar refractivity (Wildman–Crippen MR) is 69.4 cm³/mol. The molecule has 1 heterocycles. The van der Waals surface area contributed by atoms with Crippen LogP contribution in [0.5, 0.6) is 0 Å². The Hall–Kier alpha value is -1.11. The van der Waals surface area contributed by atoms with Gasteiger partial charge in [0.1, 0.15) is 0 Å². The monoisotopic (exact) mass is 270 g/mol. The minimum atomic E-state index is -3.51. The van der Waals surface area contributed by atoms with Gasteiger partial charge in [-0.05, 0) is 30.2 Å². The molecule has 0 amide bonds. The molecule has 0 unspecified atom stereocenters. The van der Waals surface area contributed by atoms with Crippen molar-refractivity contribution in [3.8, 4) is 0 Å². The zero-order chi connectivity index (χ0) is 13.6. The summed E-state index contributed by atoms with van der Waals surface area (Å²) in [5.74, 6) is 0.0374. The summed E-state index contributed by atoms with van der Waals surface area (Å²) in [4.78, 5) is 0.211. The fraction of sp³-hybridized carbons (Fsp3) is 0.500. The minimum Gasteiger partial charge on any atom is -0.399 e. The van der Waals surface area contributed by atoms with Crippen molar-refractivity contribution in [2.24, 2.45) is 5.92 Å². The Morgan fingerprint density at radius 2 is 1.78 bits per heavy atom. The summed E-state index contributed by atoms with van der Waals surface area (Å²) in [7, 11) is -3.51. The largest absolute Gasteiger partial charge is 0.399 e. The summed E-state index contributed by atoms with van der Waals surface area (Å²) in [6.45, 7) is 4.06. The van der Waals surface area contributed by atoms with E-state index in [2.05, 4.69) is 0 Å². The van der Waals surface area contributed by atoms with E-state index in [0.29, 0.717) is 5.69 Å². The number of benzene rings is 1. The molecule has 1 aliphatic heterocycles. The molecule has 1 aromatic rings. The molecule has 1 aliphatic rings. The zero-order valence-corrected chi connectivity index (χ0v) is 11.3. The normalized spacial score (nSPS) is 19.8. The maximum absolute atomic E-state index is 12.2. The smallest absolute Gasteiger partial charge is 0.243 e. The van der Waals surface area contributed by atoms with E-state index in [9.17, 15) is 13.5 Å². The molecule has 0 aliphatic carbocycles. The van der Waals surface area contributed by atoms with Gasteiger partial charge in [-0.3, -0.25) is 0 Å². The quantitative estimate of drug-likeness (QED) is 0.790. The summed E-state index contributed by atoms with van der Waals surface area (Å²) < 4.78 is 25.7. The minimum absolute atomic E-state index is 0.0374. The van der Waals surface area contributed by atoms with Gasteiger partial charge in [-0.2, -0.15) is 4.31 Å². The lowest BCUT2D eigenvalue weighted by Crippen LogP contribution is -2.65. The summed E-state index contributed by atoms with van der Waals surface area (Å²) in [6, 6.07) is 6.08. The fourth-order valence-corrected chi connectivity index (χ4v) is 3.45. The predicted octanol–water partition coefficient (Wildman–Crippen LogP) is 0.660. The molecule has 3 N–H and O–H groups in total. The van der Waals surface area contributed by atoms with Crippen molar-refractivity contribution >= 4 is 15.7 Å². The van der Waals surface area contributed by atoms with Crippen molar-refractivity contribution in [3.05, 3.63) is 24.3 Å². The second kappa shape index (κ2) is 4.22. The highest BCUT2D eigenvalue weighted by Gasteiger charge is 2.48. The molecule has 18 heavy (non-hydrogen) atoms. The first kappa shape index (κ1) is 13.3. The van der Waals surface area contributed by atoms with E-state index in [1.165, 1.54) is 16.4 Å². The van der Waals surface area contributed by atoms with Gasteiger partial charge >= 0.3 is 0 Å². The first-order valence-electron chi connectivity index (χ1n) is 5.84. The average Bonchev–Trinajstić information content (AvgIpc) is 2.25. The number of β-amino-alcohol motifs (C(OH)–C–C–N with tert-alkyl or cyclic N) is 1. The van der Waals surface area contributed by atoms with Crippen LogP contribution in [0.2, 0.25) is 0 Å². The lowest BCUT2D eigenvalue weighted by molar-refractivity contribution is -0.0932. The first-order chi connectivity index (χ1) is 8.25. The number of sulfonamides is 1. The number of hydrogen-bond acceptors (Lipinski definition) is 4. The van der Waals surface area contributed by atoms with Gasteiger partial charge in [-0.25, -0.2) is 8.42 Å². The van der Waals surface area contributed by atoms with Gasteiger partial charge < -0.3 is 10.8 Å². The molecule has 1 fully saturated rings. The van der Waals surface area contributed by atoms with Gasteiger partial charge in [-0.15, -0.1) is 0 Å². The first-order valence-corrected chi connectivity index (χ1v) is 7.28. The van der Waals surface area contributed by atoms with Crippen LogP contribution >= 0.6 is 0 Å². The van der Waals surface area contributed by atoms with Crippen LogP contribution in [0.1, 0.15) is 13.8 Å². The van der Waals surface area contributed by atoms with Crippen LogP contribution in [-0.4, -0.2) is 36.5 Å². The molecule has 2 rings (SSSR count). The molecule has 0 aromatic heterocycles. The van der Waals surface area contributed by atoms with Crippen molar-refractivity contribution in [3.63, 3.8) is 0 Å². The second-order valence-electron chi connectivity index (χ2n) is 5.10. The van der Waals surface area contributed by atoms with E-state index in [4.69, 9.17) is 5.73 Å². The van der Waals surface area contributed by atoms with Crippen molar-refractivity contribution in [2.75, 3.05) is 18.8 Å². The molecule has 0 radical (unpaired) electrons. The number of nitrogens with zero attached hydrogens (tertiary/aromatic N) is 1. The summed E-state index contributed by atoms with van der Waals surface area (Å²) >= 11 is 0. The number of nitrogen functional groups attached to an aromatic ring is 1. The van der Waals surface area contributed by atoms with E-state index in [1.54, 1.807) is 12.1 Å². The second-order valence-corrected chi connectivity index (χ2v) is 7.04. The van der Waals surface area contributed by atoms with Crippen molar-refractivity contribution in [1.82, 2.24) is 4.31 Å². The molecule has 1 aromatic carbocycles. The van der Waals surface area contributed by atoms with Gasteiger partial charge in [0.05, 0.1) is 10.5 Å². The molecule has 0 bridgehead atoms. The molecular weight excluding hydrogens is 252 g/mol. The number of hydrogen-bond donors (Lipinski definition) is 2. The Balaban J connectivity index is 2.18. The molecule has 1 saturated heterocycles. The zero-order valence-electron chi connectivity index (χ0n) is 10.5. The van der Waals surface area contributed by atoms with Gasteiger partial charge in [-0.1, -0.05) is 13.8 Å². The van der Waals surface area contributed by atoms with Gasteiger partial charge in [0.25, 0.3) is 0 Å². The maximum Gasteiger partial charge on any atom is 0.243 e. The van der Waals surface area contributed by atoms with Gasteiger partial charge in [0, 0.05) is 18.8 Å². The summed E-state index contributed by atoms with van der Waals surface area (Å²) in [5, 5.41) is 10.1. The van der Waals surface area contributed by atoms with Crippen LogP contribution < -0.4 is 5.73 Å². The lowest BCUT2D eigenvalue weighted by Gasteiger charge is -2.47. The molecule has 0 atom stereocenters. The van der Waals surface area contributed by atoms with E-state index in [1.807, 2.05) is 13.8 Å². The standard InChI is InChI=1S/C12H18N2O3S/c1-9(2)12(15)7-14(8-12)18(16,17)11-5-3-10(13)4-6-11/h3-6,9,15H,7-8,13H2,1-2H3. The Morgan fingerprint density at radius 3 is 2.22 bits per heavy atom. The molecular formula is C12H18N2O3S. The number of aliphatic hydroxyl groups is 1. The Kier molecular flexibility index (Phi) is 3.12. The third-order valence-electron chi connectivity index (χ3n) is 3.49. The molecule has 6 heteroatoms. The Morgan fingerprint density at radius 1 is 1.28 bits per heavy atom. The topological polar surface area (TPSA) is 83.6 Å². The van der Waals surface area contributed by atoms with E-state index >= 15 is 0 Å².